The maximum atomic E-state index is 13.3. The zero-order valence-corrected chi connectivity index (χ0v) is 13.1. The van der Waals surface area contributed by atoms with Crippen molar-refractivity contribution in [2.75, 3.05) is 19.7 Å². The molecule has 128 valence electrons. The fraction of sp³-hybridized carbons (Fsp3) is 0.294. The summed E-state index contributed by atoms with van der Waals surface area (Å²) in [4.78, 5) is 23.2. The van der Waals surface area contributed by atoms with E-state index in [9.17, 15) is 14.0 Å². The molecule has 0 atom stereocenters. The van der Waals surface area contributed by atoms with Gasteiger partial charge in [-0.25, -0.2) is 4.39 Å². The molecule has 1 aromatic heterocycles. The molecule has 1 aromatic carbocycles. The highest BCUT2D eigenvalue weighted by molar-refractivity contribution is 5.91. The van der Waals surface area contributed by atoms with Gasteiger partial charge in [-0.05, 0) is 30.7 Å². The Kier molecular flexibility index (Phi) is 6.82. The minimum absolute atomic E-state index is 0.153. The normalized spacial score (nSPS) is 10.2. The lowest BCUT2D eigenvalue weighted by Crippen LogP contribution is -2.34. The van der Waals surface area contributed by atoms with Crippen LogP contribution in [-0.4, -0.2) is 31.5 Å². The van der Waals surface area contributed by atoms with Crippen molar-refractivity contribution >= 4 is 11.8 Å². The van der Waals surface area contributed by atoms with E-state index in [1.165, 1.54) is 18.4 Å². The van der Waals surface area contributed by atoms with Crippen LogP contribution in [0.5, 0.6) is 5.75 Å². The van der Waals surface area contributed by atoms with Gasteiger partial charge in [0.05, 0.1) is 12.9 Å². The van der Waals surface area contributed by atoms with Crippen molar-refractivity contribution < 1.29 is 23.1 Å². The van der Waals surface area contributed by atoms with Crippen LogP contribution in [0.1, 0.15) is 23.4 Å². The number of hydrogen-bond acceptors (Lipinski definition) is 4. The highest BCUT2D eigenvalue weighted by Crippen LogP contribution is 2.15. The molecular weight excluding hydrogens is 315 g/mol. The third-order valence-corrected chi connectivity index (χ3v) is 3.12. The summed E-state index contributed by atoms with van der Waals surface area (Å²) in [5.41, 5.74) is 0. The van der Waals surface area contributed by atoms with E-state index in [0.717, 1.165) is 0 Å². The van der Waals surface area contributed by atoms with Gasteiger partial charge in [-0.1, -0.05) is 12.1 Å². The average Bonchev–Trinajstić information content (AvgIpc) is 3.11. The Labute approximate surface area is 139 Å². The molecule has 7 heteroatoms. The number of carbonyl (C=O) groups is 2. The van der Waals surface area contributed by atoms with Gasteiger partial charge in [0.15, 0.2) is 17.3 Å². The summed E-state index contributed by atoms with van der Waals surface area (Å²) in [5, 5.41) is 5.30. The Morgan fingerprint density at radius 1 is 1.08 bits per heavy atom. The summed E-state index contributed by atoms with van der Waals surface area (Å²) in [6.45, 7) is 0.875. The van der Waals surface area contributed by atoms with Crippen molar-refractivity contribution in [2.45, 2.75) is 12.8 Å². The third kappa shape index (κ3) is 5.75. The fourth-order valence-electron chi connectivity index (χ4n) is 1.94. The number of rotatable bonds is 9. The van der Waals surface area contributed by atoms with Crippen LogP contribution in [0.2, 0.25) is 0 Å². The molecule has 0 spiro atoms. The van der Waals surface area contributed by atoms with Gasteiger partial charge in [-0.3, -0.25) is 9.59 Å². The van der Waals surface area contributed by atoms with Crippen LogP contribution in [0.4, 0.5) is 4.39 Å². The molecule has 24 heavy (non-hydrogen) atoms. The highest BCUT2D eigenvalue weighted by atomic mass is 19.1. The summed E-state index contributed by atoms with van der Waals surface area (Å²) < 4.78 is 23.5. The van der Waals surface area contributed by atoms with Crippen molar-refractivity contribution in [1.82, 2.24) is 10.6 Å². The maximum absolute atomic E-state index is 13.3. The molecule has 0 fully saturated rings. The first-order chi connectivity index (χ1) is 11.7. The molecule has 1 heterocycles. The largest absolute Gasteiger partial charge is 0.491 e. The third-order valence-electron chi connectivity index (χ3n) is 3.12. The van der Waals surface area contributed by atoms with Crippen molar-refractivity contribution in [3.05, 3.63) is 54.2 Å². The highest BCUT2D eigenvalue weighted by Gasteiger charge is 2.07. The maximum Gasteiger partial charge on any atom is 0.287 e. The molecular formula is C17H19FN2O4. The van der Waals surface area contributed by atoms with E-state index in [2.05, 4.69) is 10.6 Å². The standard InChI is InChI=1S/C17H19FN2O4/c18-13-5-1-2-6-14(13)23-12-4-8-16(21)19-9-10-20-17(22)15-7-3-11-24-15/h1-3,5-7,11H,4,8-10,12H2,(H,19,21)(H,20,22). The number of para-hydroxylation sites is 1. The van der Waals surface area contributed by atoms with Crippen LogP contribution in [-0.2, 0) is 4.79 Å². The predicted octanol–water partition coefficient (Wildman–Crippen LogP) is 2.12. The van der Waals surface area contributed by atoms with Gasteiger partial charge in [-0.2, -0.15) is 0 Å². The molecule has 2 amide bonds. The number of amides is 2. The number of halogens is 1. The average molecular weight is 334 g/mol. The number of furan rings is 1. The summed E-state index contributed by atoms with van der Waals surface area (Å²) in [6.07, 6.45) is 2.15. The van der Waals surface area contributed by atoms with Crippen LogP contribution in [0, 0.1) is 5.82 Å². The lowest BCUT2D eigenvalue weighted by atomic mass is 10.3. The zero-order chi connectivity index (χ0) is 17.2. The number of hydrogen-bond donors (Lipinski definition) is 2. The molecule has 0 aliphatic heterocycles. The van der Waals surface area contributed by atoms with E-state index < -0.39 is 5.82 Å². The van der Waals surface area contributed by atoms with Crippen molar-refractivity contribution in [2.24, 2.45) is 0 Å². The van der Waals surface area contributed by atoms with Gasteiger partial charge < -0.3 is 19.8 Å². The number of benzene rings is 1. The summed E-state index contributed by atoms with van der Waals surface area (Å²) in [7, 11) is 0. The molecule has 0 unspecified atom stereocenters. The van der Waals surface area contributed by atoms with Crippen LogP contribution in [0.3, 0.4) is 0 Å². The Balaban J connectivity index is 1.52. The smallest absolute Gasteiger partial charge is 0.287 e. The molecule has 2 aromatic rings. The van der Waals surface area contributed by atoms with Crippen molar-refractivity contribution in [3.63, 3.8) is 0 Å². The Hall–Kier alpha value is -2.83. The quantitative estimate of drug-likeness (QED) is 0.689. The lowest BCUT2D eigenvalue weighted by Gasteiger charge is -2.08. The first-order valence-corrected chi connectivity index (χ1v) is 7.62. The van der Waals surface area contributed by atoms with Crippen molar-refractivity contribution in [3.8, 4) is 5.75 Å². The van der Waals surface area contributed by atoms with Gasteiger partial charge in [0.1, 0.15) is 0 Å². The van der Waals surface area contributed by atoms with Gasteiger partial charge >= 0.3 is 0 Å². The van der Waals surface area contributed by atoms with Gasteiger partial charge in [0.2, 0.25) is 5.91 Å². The van der Waals surface area contributed by atoms with Gasteiger partial charge in [0, 0.05) is 19.5 Å². The molecule has 2 rings (SSSR count). The van der Waals surface area contributed by atoms with E-state index in [1.807, 2.05) is 0 Å². The Bertz CT molecular complexity index is 658. The van der Waals surface area contributed by atoms with E-state index in [1.54, 1.807) is 24.3 Å². The first kappa shape index (κ1) is 17.5. The first-order valence-electron chi connectivity index (χ1n) is 7.62. The molecule has 0 radical (unpaired) electrons. The molecule has 0 saturated heterocycles. The van der Waals surface area contributed by atoms with Gasteiger partial charge in [0.25, 0.3) is 5.91 Å². The fourth-order valence-corrected chi connectivity index (χ4v) is 1.94. The molecule has 2 N–H and O–H groups in total. The molecule has 0 bridgehead atoms. The van der Waals surface area contributed by atoms with E-state index in [4.69, 9.17) is 9.15 Å². The molecule has 0 aliphatic rings. The Morgan fingerprint density at radius 3 is 2.62 bits per heavy atom. The Morgan fingerprint density at radius 2 is 1.88 bits per heavy atom. The van der Waals surface area contributed by atoms with Crippen LogP contribution in [0.15, 0.2) is 47.1 Å². The minimum Gasteiger partial charge on any atom is -0.491 e. The van der Waals surface area contributed by atoms with Crippen molar-refractivity contribution in [1.29, 1.82) is 0 Å². The number of carbonyl (C=O) groups excluding carboxylic acids is 2. The van der Waals surface area contributed by atoms with Crippen LogP contribution < -0.4 is 15.4 Å². The predicted molar refractivity (Wildman–Crippen MR) is 85.2 cm³/mol. The second-order valence-electron chi connectivity index (χ2n) is 4.97. The lowest BCUT2D eigenvalue weighted by molar-refractivity contribution is -0.121. The topological polar surface area (TPSA) is 80.6 Å². The van der Waals surface area contributed by atoms with Crippen LogP contribution in [0.25, 0.3) is 0 Å². The van der Waals surface area contributed by atoms with E-state index >= 15 is 0 Å². The van der Waals surface area contributed by atoms with Gasteiger partial charge in [-0.15, -0.1) is 0 Å². The number of ether oxygens (including phenoxy) is 1. The SMILES string of the molecule is O=C(CCCOc1ccccc1F)NCCNC(=O)c1ccco1. The zero-order valence-electron chi connectivity index (χ0n) is 13.1. The second kappa shape index (κ2) is 9.34. The summed E-state index contributed by atoms with van der Waals surface area (Å²) >= 11 is 0. The van der Waals surface area contributed by atoms with E-state index in [0.29, 0.717) is 19.5 Å². The second-order valence-corrected chi connectivity index (χ2v) is 4.97. The molecule has 6 nitrogen and oxygen atoms in total. The van der Waals surface area contributed by atoms with E-state index in [-0.39, 0.29) is 36.4 Å². The summed E-state index contributed by atoms with van der Waals surface area (Å²) in [5.74, 6) is -0.494. The van der Waals surface area contributed by atoms with Crippen LogP contribution >= 0.6 is 0 Å². The minimum atomic E-state index is -0.422. The number of nitrogens with one attached hydrogen (secondary N) is 2. The molecule has 0 aliphatic carbocycles. The monoisotopic (exact) mass is 334 g/mol. The summed E-state index contributed by atoms with van der Waals surface area (Å²) in [6, 6.07) is 9.31. The molecule has 0 saturated carbocycles.